The summed E-state index contributed by atoms with van der Waals surface area (Å²) in [6.45, 7) is 2.55. The summed E-state index contributed by atoms with van der Waals surface area (Å²) in [5, 5.41) is 0. The van der Waals surface area contributed by atoms with Crippen LogP contribution in [0.1, 0.15) is 28.8 Å². The summed E-state index contributed by atoms with van der Waals surface area (Å²) in [5.74, 6) is -0.515. The smallest absolute Gasteiger partial charge is 0.254 e. The highest BCUT2D eigenvalue weighted by molar-refractivity contribution is 5.97. The summed E-state index contributed by atoms with van der Waals surface area (Å²) in [7, 11) is 0. The number of likely N-dealkylation sites (tertiary alicyclic amines) is 1. The molecule has 0 saturated carbocycles. The first-order chi connectivity index (χ1) is 8.09. The Morgan fingerprint density at radius 3 is 2.82 bits per heavy atom. The van der Waals surface area contributed by atoms with Gasteiger partial charge < -0.3 is 10.6 Å². The molecule has 0 aliphatic carbocycles. The highest BCUT2D eigenvalue weighted by Gasteiger charge is 2.32. The molecule has 4 nitrogen and oxygen atoms in total. The average Bonchev–Trinajstić information content (AvgIpc) is 2.77. The predicted octanol–water partition coefficient (Wildman–Crippen LogP) is 1.08. The van der Waals surface area contributed by atoms with E-state index in [9.17, 15) is 9.59 Å². The van der Waals surface area contributed by atoms with Crippen LogP contribution in [0.15, 0.2) is 24.3 Å². The second-order valence-corrected chi connectivity index (χ2v) is 4.43. The Labute approximate surface area is 100 Å². The SMILES string of the molecule is Cc1cccc(C(=O)N2CCC[C@H]2C(N)=O)c1. The van der Waals surface area contributed by atoms with Crippen molar-refractivity contribution in [2.24, 2.45) is 5.73 Å². The Balaban J connectivity index is 2.23. The molecule has 1 aliphatic heterocycles. The van der Waals surface area contributed by atoms with E-state index in [1.807, 2.05) is 25.1 Å². The third-order valence-electron chi connectivity index (χ3n) is 3.11. The zero-order chi connectivity index (χ0) is 12.4. The monoisotopic (exact) mass is 232 g/mol. The molecule has 1 atom stereocenters. The number of hydrogen-bond donors (Lipinski definition) is 1. The summed E-state index contributed by atoms with van der Waals surface area (Å²) in [6.07, 6.45) is 1.51. The number of rotatable bonds is 2. The lowest BCUT2D eigenvalue weighted by molar-refractivity contribution is -0.121. The summed E-state index contributed by atoms with van der Waals surface area (Å²) < 4.78 is 0. The lowest BCUT2D eigenvalue weighted by Gasteiger charge is -2.22. The second-order valence-electron chi connectivity index (χ2n) is 4.43. The molecule has 2 amide bonds. The van der Waals surface area contributed by atoms with Gasteiger partial charge in [-0.15, -0.1) is 0 Å². The van der Waals surface area contributed by atoms with Crippen LogP contribution in [-0.2, 0) is 4.79 Å². The molecular weight excluding hydrogens is 216 g/mol. The van der Waals surface area contributed by atoms with Gasteiger partial charge in [0.25, 0.3) is 5.91 Å². The van der Waals surface area contributed by atoms with Gasteiger partial charge in [0.1, 0.15) is 6.04 Å². The van der Waals surface area contributed by atoms with Crippen LogP contribution in [-0.4, -0.2) is 29.3 Å². The Bertz CT molecular complexity index is 456. The predicted molar refractivity (Wildman–Crippen MR) is 64.4 cm³/mol. The number of aryl methyl sites for hydroxylation is 1. The van der Waals surface area contributed by atoms with Crippen molar-refractivity contribution in [2.75, 3.05) is 6.54 Å². The van der Waals surface area contributed by atoms with Crippen molar-refractivity contribution in [3.63, 3.8) is 0 Å². The molecule has 1 fully saturated rings. The van der Waals surface area contributed by atoms with Crippen LogP contribution in [0, 0.1) is 6.92 Å². The third-order valence-corrected chi connectivity index (χ3v) is 3.11. The standard InChI is InChI=1S/C13H16N2O2/c1-9-4-2-5-10(8-9)13(17)15-7-3-6-11(15)12(14)16/h2,4-5,8,11H,3,6-7H2,1H3,(H2,14,16)/t11-/m0/s1. The van der Waals surface area contributed by atoms with E-state index in [0.717, 1.165) is 12.0 Å². The maximum Gasteiger partial charge on any atom is 0.254 e. The molecule has 90 valence electrons. The van der Waals surface area contributed by atoms with E-state index < -0.39 is 11.9 Å². The molecule has 0 bridgehead atoms. The van der Waals surface area contributed by atoms with E-state index in [4.69, 9.17) is 5.73 Å². The molecule has 0 unspecified atom stereocenters. The fraction of sp³-hybridized carbons (Fsp3) is 0.385. The molecule has 1 aliphatic rings. The number of primary amides is 1. The van der Waals surface area contributed by atoms with Crippen molar-refractivity contribution in [3.8, 4) is 0 Å². The maximum atomic E-state index is 12.2. The van der Waals surface area contributed by atoms with E-state index >= 15 is 0 Å². The molecular formula is C13H16N2O2. The summed E-state index contributed by atoms with van der Waals surface area (Å²) in [6, 6.07) is 6.94. The Kier molecular flexibility index (Phi) is 3.13. The minimum Gasteiger partial charge on any atom is -0.368 e. The summed E-state index contributed by atoms with van der Waals surface area (Å²) >= 11 is 0. The van der Waals surface area contributed by atoms with Gasteiger partial charge in [-0.25, -0.2) is 0 Å². The Hall–Kier alpha value is -1.84. The lowest BCUT2D eigenvalue weighted by atomic mass is 10.1. The number of benzene rings is 1. The molecule has 1 aromatic rings. The summed E-state index contributed by atoms with van der Waals surface area (Å²) in [4.78, 5) is 25.1. The van der Waals surface area contributed by atoms with Gasteiger partial charge in [0.05, 0.1) is 0 Å². The van der Waals surface area contributed by atoms with Gasteiger partial charge in [0.2, 0.25) is 5.91 Å². The first kappa shape index (κ1) is 11.6. The maximum absolute atomic E-state index is 12.2. The Morgan fingerprint density at radius 2 is 2.18 bits per heavy atom. The lowest BCUT2D eigenvalue weighted by Crippen LogP contribution is -2.43. The first-order valence-corrected chi connectivity index (χ1v) is 5.76. The van der Waals surface area contributed by atoms with E-state index in [1.54, 1.807) is 11.0 Å². The molecule has 17 heavy (non-hydrogen) atoms. The van der Waals surface area contributed by atoms with Crippen LogP contribution in [0.3, 0.4) is 0 Å². The molecule has 2 N–H and O–H groups in total. The van der Waals surface area contributed by atoms with Crippen molar-refractivity contribution >= 4 is 11.8 Å². The first-order valence-electron chi connectivity index (χ1n) is 5.76. The van der Waals surface area contributed by atoms with Crippen molar-refractivity contribution in [1.29, 1.82) is 0 Å². The van der Waals surface area contributed by atoms with E-state index in [-0.39, 0.29) is 5.91 Å². The van der Waals surface area contributed by atoms with Crippen LogP contribution in [0.2, 0.25) is 0 Å². The minimum absolute atomic E-state index is 0.102. The number of hydrogen-bond acceptors (Lipinski definition) is 2. The number of nitrogens with two attached hydrogens (primary N) is 1. The van der Waals surface area contributed by atoms with Gasteiger partial charge in [-0.1, -0.05) is 17.7 Å². The van der Waals surface area contributed by atoms with E-state index in [0.29, 0.717) is 18.5 Å². The molecule has 0 spiro atoms. The quantitative estimate of drug-likeness (QED) is 0.829. The van der Waals surface area contributed by atoms with Crippen LogP contribution < -0.4 is 5.73 Å². The molecule has 1 heterocycles. The van der Waals surface area contributed by atoms with Crippen LogP contribution >= 0.6 is 0 Å². The second kappa shape index (κ2) is 4.57. The van der Waals surface area contributed by atoms with Crippen LogP contribution in [0.25, 0.3) is 0 Å². The fourth-order valence-electron chi connectivity index (χ4n) is 2.25. The van der Waals surface area contributed by atoms with Gasteiger partial charge in [-0.05, 0) is 31.9 Å². The van der Waals surface area contributed by atoms with E-state index in [2.05, 4.69) is 0 Å². The van der Waals surface area contributed by atoms with Crippen molar-refractivity contribution in [3.05, 3.63) is 35.4 Å². The fourth-order valence-corrected chi connectivity index (χ4v) is 2.25. The van der Waals surface area contributed by atoms with Crippen LogP contribution in [0.5, 0.6) is 0 Å². The van der Waals surface area contributed by atoms with Gasteiger partial charge >= 0.3 is 0 Å². The van der Waals surface area contributed by atoms with Crippen molar-refractivity contribution in [1.82, 2.24) is 4.90 Å². The third kappa shape index (κ3) is 2.30. The minimum atomic E-state index is -0.442. The van der Waals surface area contributed by atoms with Crippen molar-refractivity contribution < 1.29 is 9.59 Å². The van der Waals surface area contributed by atoms with Gasteiger partial charge in [0, 0.05) is 12.1 Å². The normalized spacial score (nSPS) is 19.4. The van der Waals surface area contributed by atoms with Crippen molar-refractivity contribution in [2.45, 2.75) is 25.8 Å². The topological polar surface area (TPSA) is 63.4 Å². The van der Waals surface area contributed by atoms with E-state index in [1.165, 1.54) is 0 Å². The number of nitrogens with zero attached hydrogens (tertiary/aromatic N) is 1. The van der Waals surface area contributed by atoms with Crippen LogP contribution in [0.4, 0.5) is 0 Å². The number of carbonyl (C=O) groups is 2. The average molecular weight is 232 g/mol. The highest BCUT2D eigenvalue weighted by Crippen LogP contribution is 2.20. The molecule has 4 heteroatoms. The highest BCUT2D eigenvalue weighted by atomic mass is 16.2. The number of amides is 2. The molecule has 0 radical (unpaired) electrons. The number of carbonyl (C=O) groups excluding carboxylic acids is 2. The van der Waals surface area contributed by atoms with Gasteiger partial charge in [-0.3, -0.25) is 9.59 Å². The Morgan fingerprint density at radius 1 is 1.41 bits per heavy atom. The molecule has 1 aromatic carbocycles. The summed E-state index contributed by atoms with van der Waals surface area (Å²) in [5.41, 5.74) is 6.96. The zero-order valence-electron chi connectivity index (χ0n) is 9.85. The zero-order valence-corrected chi connectivity index (χ0v) is 9.85. The van der Waals surface area contributed by atoms with Gasteiger partial charge in [-0.2, -0.15) is 0 Å². The van der Waals surface area contributed by atoms with Gasteiger partial charge in [0.15, 0.2) is 0 Å². The largest absolute Gasteiger partial charge is 0.368 e. The molecule has 0 aromatic heterocycles. The molecule has 1 saturated heterocycles. The molecule has 2 rings (SSSR count).